The highest BCUT2D eigenvalue weighted by Crippen LogP contribution is 2.20. The Bertz CT molecular complexity index is 412. The molecule has 2 aliphatic rings. The van der Waals surface area contributed by atoms with Crippen molar-refractivity contribution in [3.8, 4) is 0 Å². The van der Waals surface area contributed by atoms with Gasteiger partial charge in [0.25, 0.3) is 0 Å². The number of amides is 1. The van der Waals surface area contributed by atoms with E-state index in [9.17, 15) is 4.79 Å². The molecule has 6 nitrogen and oxygen atoms in total. The van der Waals surface area contributed by atoms with Crippen molar-refractivity contribution in [2.45, 2.75) is 39.0 Å². The summed E-state index contributed by atoms with van der Waals surface area (Å²) in [6, 6.07) is 0. The van der Waals surface area contributed by atoms with Crippen LogP contribution >= 0.6 is 0 Å². The molecule has 2 rings (SSSR count). The molecule has 2 heterocycles. The van der Waals surface area contributed by atoms with E-state index >= 15 is 0 Å². The number of rotatable bonds is 5. The molecule has 2 unspecified atom stereocenters. The van der Waals surface area contributed by atoms with Crippen LogP contribution in [-0.4, -0.2) is 68.0 Å². The maximum absolute atomic E-state index is 11.2. The van der Waals surface area contributed by atoms with Crippen molar-refractivity contribution in [3.63, 3.8) is 0 Å². The Labute approximate surface area is 140 Å². The van der Waals surface area contributed by atoms with Crippen LogP contribution in [0.4, 0.5) is 0 Å². The predicted molar refractivity (Wildman–Crippen MR) is 94.3 cm³/mol. The topological polar surface area (TPSA) is 74.0 Å². The van der Waals surface area contributed by atoms with Gasteiger partial charge < -0.3 is 20.9 Å². The summed E-state index contributed by atoms with van der Waals surface area (Å²) < 4.78 is 0. The van der Waals surface area contributed by atoms with Crippen molar-refractivity contribution in [3.05, 3.63) is 0 Å². The summed E-state index contributed by atoms with van der Waals surface area (Å²) in [6.07, 6.45) is 5.27. The fraction of sp³-hybridized carbons (Fsp3) is 0.882. The highest BCUT2D eigenvalue weighted by atomic mass is 16.1. The van der Waals surface area contributed by atoms with Crippen molar-refractivity contribution >= 4 is 11.9 Å². The number of nitrogens with zero attached hydrogens (tertiary/aromatic N) is 3. The van der Waals surface area contributed by atoms with E-state index in [4.69, 9.17) is 5.73 Å². The summed E-state index contributed by atoms with van der Waals surface area (Å²) in [7, 11) is 1.85. The van der Waals surface area contributed by atoms with E-state index in [0.717, 1.165) is 45.0 Å². The van der Waals surface area contributed by atoms with Crippen molar-refractivity contribution in [1.82, 2.24) is 15.1 Å². The SMILES string of the molecule is CCN1CCCC(CNC(=NC)N2CCCC(CC(N)=O)C2)C1. The number of piperidine rings is 2. The second kappa shape index (κ2) is 9.11. The van der Waals surface area contributed by atoms with Crippen LogP contribution in [0.2, 0.25) is 0 Å². The van der Waals surface area contributed by atoms with Gasteiger partial charge in [-0.15, -0.1) is 0 Å². The zero-order valence-corrected chi connectivity index (χ0v) is 14.8. The number of hydrogen-bond acceptors (Lipinski definition) is 3. The molecule has 132 valence electrons. The quantitative estimate of drug-likeness (QED) is 0.582. The standard InChI is InChI=1S/C17H33N5O/c1-3-21-8-4-7-15(12-21)11-20-17(19-2)22-9-5-6-14(13-22)10-16(18)23/h14-15H,3-13H2,1-2H3,(H2,18,23)(H,19,20). The van der Waals surface area contributed by atoms with E-state index in [1.54, 1.807) is 0 Å². The van der Waals surface area contributed by atoms with Crippen LogP contribution in [0.5, 0.6) is 0 Å². The third-order valence-corrected chi connectivity index (χ3v) is 5.12. The molecule has 0 spiro atoms. The Kier molecular flexibility index (Phi) is 7.15. The van der Waals surface area contributed by atoms with Gasteiger partial charge in [0.2, 0.25) is 5.91 Å². The third kappa shape index (κ3) is 5.68. The molecule has 1 amide bonds. The number of hydrogen-bond donors (Lipinski definition) is 2. The van der Waals surface area contributed by atoms with Gasteiger partial charge in [0.1, 0.15) is 0 Å². The molecule has 23 heavy (non-hydrogen) atoms. The minimum atomic E-state index is -0.193. The average Bonchev–Trinajstić information content (AvgIpc) is 2.55. The number of primary amides is 1. The molecule has 2 aliphatic heterocycles. The molecule has 2 saturated heterocycles. The second-order valence-electron chi connectivity index (χ2n) is 6.95. The van der Waals surface area contributed by atoms with Gasteiger partial charge >= 0.3 is 0 Å². The smallest absolute Gasteiger partial charge is 0.217 e. The normalized spacial score (nSPS) is 27.0. The van der Waals surface area contributed by atoms with Gasteiger partial charge in [-0.3, -0.25) is 9.79 Å². The summed E-state index contributed by atoms with van der Waals surface area (Å²) in [5, 5.41) is 3.56. The van der Waals surface area contributed by atoms with Crippen molar-refractivity contribution in [1.29, 1.82) is 0 Å². The summed E-state index contributed by atoms with van der Waals surface area (Å²) >= 11 is 0. The van der Waals surface area contributed by atoms with E-state index in [1.165, 1.54) is 25.9 Å². The van der Waals surface area contributed by atoms with E-state index < -0.39 is 0 Å². The van der Waals surface area contributed by atoms with Gasteiger partial charge in [0.05, 0.1) is 0 Å². The van der Waals surface area contributed by atoms with Gasteiger partial charge in [0, 0.05) is 39.6 Å². The number of aliphatic imine (C=N–C) groups is 1. The van der Waals surface area contributed by atoms with Crippen LogP contribution in [0, 0.1) is 11.8 Å². The highest BCUT2D eigenvalue weighted by Gasteiger charge is 2.24. The van der Waals surface area contributed by atoms with E-state index in [1.807, 2.05) is 7.05 Å². The second-order valence-corrected chi connectivity index (χ2v) is 6.95. The lowest BCUT2D eigenvalue weighted by Gasteiger charge is -2.36. The maximum Gasteiger partial charge on any atom is 0.217 e. The van der Waals surface area contributed by atoms with Gasteiger partial charge in [-0.05, 0) is 50.6 Å². The number of likely N-dealkylation sites (tertiary alicyclic amines) is 2. The van der Waals surface area contributed by atoms with Crippen LogP contribution in [0.1, 0.15) is 39.0 Å². The summed E-state index contributed by atoms with van der Waals surface area (Å²) in [5.41, 5.74) is 5.35. The van der Waals surface area contributed by atoms with Crippen LogP contribution in [-0.2, 0) is 4.79 Å². The number of carbonyl (C=O) groups excluding carboxylic acids is 1. The molecule has 2 atom stereocenters. The molecule has 0 aromatic carbocycles. The minimum absolute atomic E-state index is 0.193. The molecule has 6 heteroatoms. The van der Waals surface area contributed by atoms with Gasteiger partial charge in [-0.1, -0.05) is 6.92 Å². The van der Waals surface area contributed by atoms with Crippen LogP contribution < -0.4 is 11.1 Å². The number of carbonyl (C=O) groups is 1. The molecular formula is C17H33N5O. The first-order chi connectivity index (χ1) is 11.1. The predicted octanol–water partition coefficient (Wildman–Crippen LogP) is 0.881. The lowest BCUT2D eigenvalue weighted by Crippen LogP contribution is -2.49. The molecule has 0 bridgehead atoms. The van der Waals surface area contributed by atoms with Crippen molar-refractivity contribution in [2.75, 3.05) is 46.3 Å². The molecule has 0 radical (unpaired) electrons. The first-order valence-electron chi connectivity index (χ1n) is 9.08. The molecule has 0 aliphatic carbocycles. The maximum atomic E-state index is 11.2. The summed E-state index contributed by atoms with van der Waals surface area (Å²) in [5.74, 6) is 1.85. The van der Waals surface area contributed by atoms with Crippen LogP contribution in [0.3, 0.4) is 0 Å². The Morgan fingerprint density at radius 3 is 2.65 bits per heavy atom. The minimum Gasteiger partial charge on any atom is -0.370 e. The largest absolute Gasteiger partial charge is 0.370 e. The zero-order chi connectivity index (χ0) is 16.7. The Balaban J connectivity index is 1.81. The molecule has 0 saturated carbocycles. The fourth-order valence-electron chi connectivity index (χ4n) is 3.88. The van der Waals surface area contributed by atoms with Crippen LogP contribution in [0.25, 0.3) is 0 Å². The van der Waals surface area contributed by atoms with Crippen LogP contribution in [0.15, 0.2) is 4.99 Å². The Morgan fingerprint density at radius 1 is 1.22 bits per heavy atom. The lowest BCUT2D eigenvalue weighted by molar-refractivity contribution is -0.119. The van der Waals surface area contributed by atoms with Crippen molar-refractivity contribution in [2.24, 2.45) is 22.6 Å². The monoisotopic (exact) mass is 323 g/mol. The molecule has 3 N–H and O–H groups in total. The Hall–Kier alpha value is -1.30. The van der Waals surface area contributed by atoms with E-state index in [-0.39, 0.29) is 5.91 Å². The fourth-order valence-corrected chi connectivity index (χ4v) is 3.88. The first kappa shape index (κ1) is 18.0. The summed E-state index contributed by atoms with van der Waals surface area (Å²) in [6.45, 7) is 8.69. The average molecular weight is 323 g/mol. The van der Waals surface area contributed by atoms with E-state index in [2.05, 4.69) is 27.0 Å². The van der Waals surface area contributed by atoms with E-state index in [0.29, 0.717) is 18.3 Å². The summed E-state index contributed by atoms with van der Waals surface area (Å²) in [4.78, 5) is 20.4. The van der Waals surface area contributed by atoms with Crippen molar-refractivity contribution < 1.29 is 4.79 Å². The number of nitrogens with two attached hydrogens (primary N) is 1. The van der Waals surface area contributed by atoms with Gasteiger partial charge in [0.15, 0.2) is 5.96 Å². The first-order valence-corrected chi connectivity index (χ1v) is 9.08. The highest BCUT2D eigenvalue weighted by molar-refractivity contribution is 5.80. The molecular weight excluding hydrogens is 290 g/mol. The number of guanidine groups is 1. The van der Waals surface area contributed by atoms with Gasteiger partial charge in [-0.2, -0.15) is 0 Å². The molecule has 0 aromatic heterocycles. The van der Waals surface area contributed by atoms with Gasteiger partial charge in [-0.25, -0.2) is 0 Å². The third-order valence-electron chi connectivity index (χ3n) is 5.12. The number of nitrogens with one attached hydrogen (secondary N) is 1. The lowest BCUT2D eigenvalue weighted by atomic mass is 9.94. The molecule has 2 fully saturated rings. The Morgan fingerprint density at radius 2 is 1.96 bits per heavy atom. The molecule has 0 aromatic rings. The zero-order valence-electron chi connectivity index (χ0n) is 14.8.